The van der Waals surface area contributed by atoms with Gasteiger partial charge in [0.2, 0.25) is 0 Å². The van der Waals surface area contributed by atoms with Crippen molar-refractivity contribution in [1.82, 2.24) is 24.6 Å². The lowest BCUT2D eigenvalue weighted by molar-refractivity contribution is 0.102. The summed E-state index contributed by atoms with van der Waals surface area (Å²) in [5.41, 5.74) is 2.91. The zero-order valence-electron chi connectivity index (χ0n) is 16.1. The molecule has 150 valence electrons. The summed E-state index contributed by atoms with van der Waals surface area (Å²) >= 11 is 0. The minimum atomic E-state index is -0.271. The molecule has 1 saturated heterocycles. The highest BCUT2D eigenvalue weighted by atomic mass is 16.5. The fraction of sp³-hybridized carbons (Fsp3) is 0.190. The van der Waals surface area contributed by atoms with Crippen molar-refractivity contribution in [1.29, 1.82) is 0 Å². The van der Waals surface area contributed by atoms with Gasteiger partial charge in [0, 0.05) is 31.2 Å². The number of hydrogen-bond donors (Lipinski definition) is 1. The number of benzene rings is 1. The topological polar surface area (TPSA) is 97.5 Å². The van der Waals surface area contributed by atoms with Crippen LogP contribution in [0.15, 0.2) is 60.9 Å². The van der Waals surface area contributed by atoms with E-state index >= 15 is 0 Å². The molecule has 5 rings (SSSR count). The summed E-state index contributed by atoms with van der Waals surface area (Å²) in [7, 11) is 0. The van der Waals surface area contributed by atoms with Crippen molar-refractivity contribution in [3.63, 3.8) is 0 Å². The number of carbonyl (C=O) groups excluding carboxylic acids is 1. The number of nitrogens with zero attached hydrogens (tertiary/aromatic N) is 6. The average molecular weight is 401 g/mol. The Kier molecular flexibility index (Phi) is 4.78. The summed E-state index contributed by atoms with van der Waals surface area (Å²) in [6, 6.07) is 14.9. The van der Waals surface area contributed by atoms with Gasteiger partial charge in [-0.2, -0.15) is 9.50 Å². The molecule has 0 atom stereocenters. The molecule has 0 radical (unpaired) electrons. The molecule has 0 spiro atoms. The third-order valence-corrected chi connectivity index (χ3v) is 4.89. The molecule has 30 heavy (non-hydrogen) atoms. The molecule has 4 aromatic rings. The lowest BCUT2D eigenvalue weighted by atomic mass is 10.1. The van der Waals surface area contributed by atoms with Gasteiger partial charge in [-0.3, -0.25) is 15.1 Å². The first-order valence-corrected chi connectivity index (χ1v) is 9.66. The highest BCUT2D eigenvalue weighted by molar-refractivity contribution is 6.07. The zero-order chi connectivity index (χ0) is 20.3. The molecule has 1 aliphatic rings. The Bertz CT molecular complexity index is 1190. The second kappa shape index (κ2) is 7.88. The molecule has 4 heterocycles. The third-order valence-electron chi connectivity index (χ3n) is 4.89. The Hall–Kier alpha value is -3.85. The molecule has 1 aliphatic heterocycles. The van der Waals surface area contributed by atoms with Crippen molar-refractivity contribution < 1.29 is 9.53 Å². The smallest absolute Gasteiger partial charge is 0.260 e. The second-order valence-electron chi connectivity index (χ2n) is 6.76. The van der Waals surface area contributed by atoms with E-state index in [1.54, 1.807) is 23.0 Å². The molecule has 1 amide bonds. The van der Waals surface area contributed by atoms with Crippen LogP contribution in [0.3, 0.4) is 0 Å². The second-order valence-corrected chi connectivity index (χ2v) is 6.76. The van der Waals surface area contributed by atoms with Crippen LogP contribution >= 0.6 is 0 Å². The molecular weight excluding hydrogens is 382 g/mol. The largest absolute Gasteiger partial charge is 0.378 e. The Balaban J connectivity index is 1.45. The number of ether oxygens (including phenoxy) is 1. The molecule has 0 aliphatic carbocycles. The van der Waals surface area contributed by atoms with Gasteiger partial charge in [-0.15, -0.1) is 5.10 Å². The normalized spacial score (nSPS) is 14.1. The Morgan fingerprint density at radius 2 is 1.80 bits per heavy atom. The predicted octanol–water partition coefficient (Wildman–Crippen LogP) is 2.28. The number of amides is 1. The van der Waals surface area contributed by atoms with E-state index in [1.165, 1.54) is 0 Å². The summed E-state index contributed by atoms with van der Waals surface area (Å²) in [6.07, 6.45) is 3.36. The summed E-state index contributed by atoms with van der Waals surface area (Å²) < 4.78 is 7.00. The van der Waals surface area contributed by atoms with Crippen LogP contribution in [-0.4, -0.2) is 56.8 Å². The van der Waals surface area contributed by atoms with Crippen LogP contribution in [0.2, 0.25) is 0 Å². The van der Waals surface area contributed by atoms with Gasteiger partial charge in [0.15, 0.2) is 0 Å². The number of anilines is 2. The van der Waals surface area contributed by atoms with Gasteiger partial charge in [-0.05, 0) is 30.3 Å². The van der Waals surface area contributed by atoms with Crippen LogP contribution < -0.4 is 10.2 Å². The number of pyridine rings is 1. The maximum Gasteiger partial charge on any atom is 0.260 e. The first-order chi connectivity index (χ1) is 14.8. The van der Waals surface area contributed by atoms with E-state index in [-0.39, 0.29) is 11.9 Å². The van der Waals surface area contributed by atoms with Crippen LogP contribution in [0, 0.1) is 0 Å². The van der Waals surface area contributed by atoms with Gasteiger partial charge in [0.1, 0.15) is 0 Å². The highest BCUT2D eigenvalue weighted by Crippen LogP contribution is 2.23. The fourth-order valence-corrected chi connectivity index (χ4v) is 3.47. The highest BCUT2D eigenvalue weighted by Gasteiger charge is 2.20. The summed E-state index contributed by atoms with van der Waals surface area (Å²) in [4.78, 5) is 28.1. The minimum Gasteiger partial charge on any atom is -0.378 e. The zero-order valence-corrected chi connectivity index (χ0v) is 16.1. The summed E-state index contributed by atoms with van der Waals surface area (Å²) in [5.74, 6) is 0.301. The van der Waals surface area contributed by atoms with Gasteiger partial charge >= 0.3 is 0 Å². The van der Waals surface area contributed by atoms with E-state index in [9.17, 15) is 4.79 Å². The van der Waals surface area contributed by atoms with Gasteiger partial charge in [-0.1, -0.05) is 18.2 Å². The van der Waals surface area contributed by atoms with E-state index in [1.807, 2.05) is 42.5 Å². The number of aromatic nitrogens is 5. The SMILES string of the molecule is O=C(Nc1nc2nccc(-c3ccccn3)n2n1)c1ccccc1N1CCOCC1. The first-order valence-electron chi connectivity index (χ1n) is 9.66. The number of rotatable bonds is 4. The average Bonchev–Trinajstić information content (AvgIpc) is 3.22. The van der Waals surface area contributed by atoms with E-state index in [0.29, 0.717) is 24.6 Å². The van der Waals surface area contributed by atoms with Crippen molar-refractivity contribution in [3.05, 3.63) is 66.5 Å². The van der Waals surface area contributed by atoms with E-state index in [2.05, 4.69) is 30.3 Å². The fourth-order valence-electron chi connectivity index (χ4n) is 3.47. The van der Waals surface area contributed by atoms with Crippen LogP contribution in [-0.2, 0) is 4.74 Å². The van der Waals surface area contributed by atoms with E-state index in [4.69, 9.17) is 4.74 Å². The maximum absolute atomic E-state index is 13.0. The van der Waals surface area contributed by atoms with Gasteiger partial charge < -0.3 is 9.64 Å². The molecule has 9 nitrogen and oxygen atoms in total. The maximum atomic E-state index is 13.0. The molecule has 1 aromatic carbocycles. The molecule has 0 saturated carbocycles. The number of nitrogens with one attached hydrogen (secondary N) is 1. The molecule has 1 fully saturated rings. The lowest BCUT2D eigenvalue weighted by Crippen LogP contribution is -2.37. The van der Waals surface area contributed by atoms with Crippen LogP contribution in [0.25, 0.3) is 17.2 Å². The van der Waals surface area contributed by atoms with E-state index < -0.39 is 0 Å². The summed E-state index contributed by atoms with van der Waals surface area (Å²) in [6.45, 7) is 2.78. The monoisotopic (exact) mass is 401 g/mol. The Morgan fingerprint density at radius 3 is 2.63 bits per heavy atom. The Morgan fingerprint density at radius 1 is 0.967 bits per heavy atom. The first kappa shape index (κ1) is 18.2. The molecular formula is C21H19N7O2. The standard InChI is InChI=1S/C21H19N7O2/c29-19(15-5-1-2-7-17(15)27-11-13-30-14-12-27)24-20-25-21-23-10-8-18(28(21)26-20)16-6-3-4-9-22-16/h1-10H,11-14H2,(H,24,26,29). The van der Waals surface area contributed by atoms with Crippen molar-refractivity contribution in [2.45, 2.75) is 0 Å². The molecule has 0 unspecified atom stereocenters. The van der Waals surface area contributed by atoms with Crippen LogP contribution in [0.4, 0.5) is 11.6 Å². The number of fused-ring (bicyclic) bond motifs is 1. The van der Waals surface area contributed by atoms with Gasteiger partial charge in [0.25, 0.3) is 17.6 Å². The number of carbonyl (C=O) groups is 1. The van der Waals surface area contributed by atoms with Crippen LogP contribution in [0.1, 0.15) is 10.4 Å². The van der Waals surface area contributed by atoms with Gasteiger partial charge in [0.05, 0.1) is 30.2 Å². The molecule has 1 N–H and O–H groups in total. The van der Waals surface area contributed by atoms with Crippen LogP contribution in [0.5, 0.6) is 0 Å². The van der Waals surface area contributed by atoms with E-state index in [0.717, 1.165) is 30.2 Å². The quantitative estimate of drug-likeness (QED) is 0.560. The summed E-state index contributed by atoms with van der Waals surface area (Å²) in [5, 5.41) is 7.24. The minimum absolute atomic E-state index is 0.188. The molecule has 9 heteroatoms. The number of hydrogen-bond acceptors (Lipinski definition) is 7. The molecule has 3 aromatic heterocycles. The third kappa shape index (κ3) is 3.46. The van der Waals surface area contributed by atoms with Crippen molar-refractivity contribution in [3.8, 4) is 11.4 Å². The lowest BCUT2D eigenvalue weighted by Gasteiger charge is -2.30. The van der Waals surface area contributed by atoms with Crippen molar-refractivity contribution >= 4 is 23.3 Å². The Labute approximate surface area is 172 Å². The van der Waals surface area contributed by atoms with Crippen molar-refractivity contribution in [2.75, 3.05) is 36.5 Å². The number of para-hydroxylation sites is 1. The van der Waals surface area contributed by atoms with Crippen molar-refractivity contribution in [2.24, 2.45) is 0 Å². The number of morpholine rings is 1. The van der Waals surface area contributed by atoms with Gasteiger partial charge in [-0.25, -0.2) is 4.98 Å². The molecule has 0 bridgehead atoms. The predicted molar refractivity (Wildman–Crippen MR) is 111 cm³/mol.